The molecule has 0 aromatic carbocycles. The van der Waals surface area contributed by atoms with Gasteiger partial charge < -0.3 is 14.6 Å². The van der Waals surface area contributed by atoms with Crippen LogP contribution in [-0.4, -0.2) is 36.4 Å². The summed E-state index contributed by atoms with van der Waals surface area (Å²) < 4.78 is 10.3. The Morgan fingerprint density at radius 3 is 2.90 bits per heavy atom. The van der Waals surface area contributed by atoms with Crippen LogP contribution in [0.1, 0.15) is 39.0 Å². The summed E-state index contributed by atoms with van der Waals surface area (Å²) in [5, 5.41) is 10.7. The number of methoxy groups -OCH3 is 1. The van der Waals surface area contributed by atoms with Crippen LogP contribution in [-0.2, 0) is 19.1 Å². The molecular formula is C15H22O5. The Hall–Kier alpha value is -0.940. The average molecular weight is 282 g/mol. The summed E-state index contributed by atoms with van der Waals surface area (Å²) in [6, 6.07) is 0. The third-order valence-corrected chi connectivity index (χ3v) is 5.79. The molecule has 0 radical (unpaired) electrons. The Morgan fingerprint density at radius 1 is 1.45 bits per heavy atom. The summed E-state index contributed by atoms with van der Waals surface area (Å²) >= 11 is 0. The second kappa shape index (κ2) is 4.53. The maximum Gasteiger partial charge on any atom is 0.366 e. The minimum Gasteiger partial charge on any atom is -0.465 e. The molecule has 0 bridgehead atoms. The van der Waals surface area contributed by atoms with E-state index in [0.717, 1.165) is 25.7 Å². The number of hydrogen-bond donors (Lipinski definition) is 1. The highest BCUT2D eigenvalue weighted by atomic mass is 16.7. The van der Waals surface area contributed by atoms with Crippen LogP contribution in [0.25, 0.3) is 0 Å². The minimum atomic E-state index is -1.96. The number of ether oxygens (including phenoxy) is 2. The first-order valence-corrected chi connectivity index (χ1v) is 7.43. The predicted molar refractivity (Wildman–Crippen MR) is 69.6 cm³/mol. The van der Waals surface area contributed by atoms with E-state index in [1.165, 1.54) is 7.11 Å². The summed E-state index contributed by atoms with van der Waals surface area (Å²) in [4.78, 5) is 24.3. The fourth-order valence-corrected chi connectivity index (χ4v) is 4.84. The van der Waals surface area contributed by atoms with Crippen LogP contribution in [0.3, 0.4) is 0 Å². The van der Waals surface area contributed by atoms with Crippen LogP contribution in [0.5, 0.6) is 0 Å². The van der Waals surface area contributed by atoms with Gasteiger partial charge in [-0.05, 0) is 18.8 Å². The number of hydrogen-bond acceptors (Lipinski definition) is 5. The molecule has 0 aromatic heterocycles. The van der Waals surface area contributed by atoms with E-state index < -0.39 is 17.7 Å². The van der Waals surface area contributed by atoms with Crippen molar-refractivity contribution >= 4 is 11.8 Å². The van der Waals surface area contributed by atoms with Gasteiger partial charge in [-0.3, -0.25) is 4.79 Å². The van der Waals surface area contributed by atoms with Gasteiger partial charge in [-0.1, -0.05) is 19.8 Å². The summed E-state index contributed by atoms with van der Waals surface area (Å²) in [7, 11) is 1.24. The SMILES string of the molecule is COC(=O)[C@@]1(O)OC[C@]23CCCC[C@@H]2CC(=O)[C@@H](C)[C@@H]31. The Kier molecular flexibility index (Phi) is 3.18. The molecule has 0 aromatic rings. The van der Waals surface area contributed by atoms with E-state index in [0.29, 0.717) is 13.0 Å². The van der Waals surface area contributed by atoms with Gasteiger partial charge in [0.15, 0.2) is 0 Å². The molecule has 1 N–H and O–H groups in total. The zero-order chi connectivity index (χ0) is 14.5. The molecule has 2 aliphatic carbocycles. The van der Waals surface area contributed by atoms with Gasteiger partial charge in [0.05, 0.1) is 13.7 Å². The molecule has 0 amide bonds. The predicted octanol–water partition coefficient (Wildman–Crippen LogP) is 1.28. The second-order valence-electron chi connectivity index (χ2n) is 6.59. The largest absolute Gasteiger partial charge is 0.465 e. The lowest BCUT2D eigenvalue weighted by molar-refractivity contribution is -0.229. The molecule has 20 heavy (non-hydrogen) atoms. The van der Waals surface area contributed by atoms with E-state index in [9.17, 15) is 14.7 Å². The van der Waals surface area contributed by atoms with E-state index in [-0.39, 0.29) is 23.0 Å². The lowest BCUT2D eigenvalue weighted by atomic mass is 9.51. The van der Waals surface area contributed by atoms with Gasteiger partial charge >= 0.3 is 5.97 Å². The van der Waals surface area contributed by atoms with Gasteiger partial charge in [0, 0.05) is 23.7 Å². The normalized spacial score (nSPS) is 47.5. The number of esters is 1. The lowest BCUT2D eigenvalue weighted by Gasteiger charge is -2.51. The lowest BCUT2D eigenvalue weighted by Crippen LogP contribution is -2.57. The molecule has 5 heteroatoms. The molecule has 3 rings (SSSR count). The smallest absolute Gasteiger partial charge is 0.366 e. The van der Waals surface area contributed by atoms with E-state index in [2.05, 4.69) is 0 Å². The first-order valence-electron chi connectivity index (χ1n) is 7.43. The molecule has 1 spiro atoms. The highest BCUT2D eigenvalue weighted by Crippen LogP contribution is 2.61. The van der Waals surface area contributed by atoms with Crippen LogP contribution in [0.2, 0.25) is 0 Å². The zero-order valence-electron chi connectivity index (χ0n) is 12.1. The first-order chi connectivity index (χ1) is 9.45. The van der Waals surface area contributed by atoms with Crippen molar-refractivity contribution in [1.82, 2.24) is 0 Å². The maximum atomic E-state index is 12.3. The molecule has 1 saturated heterocycles. The average Bonchev–Trinajstić information content (AvgIpc) is 2.75. The highest BCUT2D eigenvalue weighted by molar-refractivity contribution is 5.86. The van der Waals surface area contributed by atoms with Crippen molar-refractivity contribution in [2.75, 3.05) is 13.7 Å². The monoisotopic (exact) mass is 282 g/mol. The zero-order valence-corrected chi connectivity index (χ0v) is 12.1. The van der Waals surface area contributed by atoms with Gasteiger partial charge in [0.2, 0.25) is 0 Å². The Balaban J connectivity index is 2.05. The van der Waals surface area contributed by atoms with Crippen molar-refractivity contribution in [3.63, 3.8) is 0 Å². The third-order valence-electron chi connectivity index (χ3n) is 5.79. The van der Waals surface area contributed by atoms with Crippen molar-refractivity contribution in [3.05, 3.63) is 0 Å². The molecule has 112 valence electrons. The van der Waals surface area contributed by atoms with Gasteiger partial charge in [-0.25, -0.2) is 4.79 Å². The molecule has 2 saturated carbocycles. The summed E-state index contributed by atoms with van der Waals surface area (Å²) in [5.74, 6) is -3.22. The fourth-order valence-electron chi connectivity index (χ4n) is 4.84. The third kappa shape index (κ3) is 1.62. The molecule has 3 fully saturated rings. The Labute approximate surface area is 118 Å². The number of rotatable bonds is 1. The molecule has 3 aliphatic rings. The Morgan fingerprint density at radius 2 is 2.20 bits per heavy atom. The number of ketones is 1. The fraction of sp³-hybridized carbons (Fsp3) is 0.867. The summed E-state index contributed by atoms with van der Waals surface area (Å²) in [6.45, 7) is 2.16. The summed E-state index contributed by atoms with van der Waals surface area (Å²) in [5.41, 5.74) is -0.242. The van der Waals surface area contributed by atoms with Crippen molar-refractivity contribution in [1.29, 1.82) is 0 Å². The van der Waals surface area contributed by atoms with Crippen LogP contribution < -0.4 is 0 Å². The maximum absolute atomic E-state index is 12.3. The number of Topliss-reactive ketones (excluding diaryl/α,β-unsaturated/α-hetero) is 1. The van der Waals surface area contributed by atoms with Crippen LogP contribution in [0.15, 0.2) is 0 Å². The van der Waals surface area contributed by atoms with Crippen molar-refractivity contribution in [2.45, 2.75) is 44.8 Å². The highest BCUT2D eigenvalue weighted by Gasteiger charge is 2.69. The van der Waals surface area contributed by atoms with Crippen molar-refractivity contribution in [2.24, 2.45) is 23.2 Å². The van der Waals surface area contributed by atoms with E-state index in [1.807, 2.05) is 6.92 Å². The molecule has 0 unspecified atom stereocenters. The van der Waals surface area contributed by atoms with Gasteiger partial charge in [0.1, 0.15) is 5.78 Å². The Bertz CT molecular complexity index is 448. The second-order valence-corrected chi connectivity index (χ2v) is 6.59. The van der Waals surface area contributed by atoms with E-state index >= 15 is 0 Å². The van der Waals surface area contributed by atoms with E-state index in [4.69, 9.17) is 9.47 Å². The van der Waals surface area contributed by atoms with Gasteiger partial charge in [-0.2, -0.15) is 0 Å². The molecule has 1 aliphatic heterocycles. The number of aliphatic hydroxyl groups is 1. The van der Waals surface area contributed by atoms with Crippen molar-refractivity contribution < 1.29 is 24.2 Å². The van der Waals surface area contributed by atoms with E-state index in [1.54, 1.807) is 0 Å². The van der Waals surface area contributed by atoms with Crippen LogP contribution in [0.4, 0.5) is 0 Å². The quantitative estimate of drug-likeness (QED) is 0.733. The van der Waals surface area contributed by atoms with Crippen LogP contribution in [0, 0.1) is 23.2 Å². The van der Waals surface area contributed by atoms with Crippen LogP contribution >= 0.6 is 0 Å². The summed E-state index contributed by atoms with van der Waals surface area (Å²) in [6.07, 6.45) is 4.62. The molecule has 1 heterocycles. The van der Waals surface area contributed by atoms with Gasteiger partial charge in [-0.15, -0.1) is 0 Å². The molecule has 5 atom stereocenters. The number of carbonyl (C=O) groups is 2. The minimum absolute atomic E-state index is 0.130. The number of carbonyl (C=O) groups excluding carboxylic acids is 2. The topological polar surface area (TPSA) is 72.8 Å². The molecular weight excluding hydrogens is 260 g/mol. The standard InChI is InChI=1S/C15H22O5/c1-9-11(16)7-10-5-3-4-6-14(10)8-20-15(18,12(9)14)13(17)19-2/h9-10,12,18H,3-8H2,1-2H3/t9-,10-,12+,14-,15+/m1/s1. The van der Waals surface area contributed by atoms with Gasteiger partial charge in [0.25, 0.3) is 5.79 Å². The molecule has 5 nitrogen and oxygen atoms in total. The first kappa shape index (κ1) is 14.0. The van der Waals surface area contributed by atoms with Crippen molar-refractivity contribution in [3.8, 4) is 0 Å².